The molecule has 12 nitrogen and oxygen atoms in total. The van der Waals surface area contributed by atoms with Gasteiger partial charge in [-0.25, -0.2) is 4.79 Å². The van der Waals surface area contributed by atoms with Crippen LogP contribution in [0, 0.1) is 0 Å². The fraction of sp³-hybridized carbons (Fsp3) is 0.407. The fourth-order valence-electron chi connectivity index (χ4n) is 3.80. The summed E-state index contributed by atoms with van der Waals surface area (Å²) in [6, 6.07) is 7.46. The van der Waals surface area contributed by atoms with E-state index in [1.165, 1.54) is 24.3 Å². The van der Waals surface area contributed by atoms with Crippen LogP contribution >= 0.6 is 12.6 Å². The van der Waals surface area contributed by atoms with Crippen LogP contribution in [-0.4, -0.2) is 75.5 Å². The summed E-state index contributed by atoms with van der Waals surface area (Å²) in [5.41, 5.74) is 12.7. The number of nitrogens with one attached hydrogen (secondary N) is 3. The van der Waals surface area contributed by atoms with Crippen molar-refractivity contribution in [2.24, 2.45) is 11.5 Å². The molecule has 0 saturated heterocycles. The standard InChI is InChI=1S/C27H37N5O7S/c28-12-2-1-3-20(29)24(35)30-21(13-16-4-8-18(33)9-5-16)25(36)31-22(14-17-6-10-19(34)11-7-17)26(37)32-23(15-40)27(38)39/h4-11,20-23,33-34,40H,1-3,12-15,28-29H2,(H,30,35)(H,31,36)(H,32,37)(H,38,39). The summed E-state index contributed by atoms with van der Waals surface area (Å²) in [6.45, 7) is 0.459. The Kier molecular flexibility index (Phi) is 13.2. The molecule has 10 N–H and O–H groups in total. The molecule has 0 saturated carbocycles. The molecule has 0 aliphatic rings. The topological polar surface area (TPSA) is 217 Å². The maximum Gasteiger partial charge on any atom is 0.327 e. The van der Waals surface area contributed by atoms with Gasteiger partial charge >= 0.3 is 5.97 Å². The SMILES string of the molecule is NCCCCC(N)C(=O)NC(Cc1ccc(O)cc1)C(=O)NC(Cc1ccc(O)cc1)C(=O)NC(CS)C(=O)O. The van der Waals surface area contributed by atoms with Crippen molar-refractivity contribution in [2.45, 2.75) is 56.3 Å². The number of amides is 3. The van der Waals surface area contributed by atoms with E-state index in [9.17, 15) is 34.5 Å². The lowest BCUT2D eigenvalue weighted by Crippen LogP contribution is -2.58. The van der Waals surface area contributed by atoms with Gasteiger partial charge in [0, 0.05) is 18.6 Å². The number of phenolic OH excluding ortho intramolecular Hbond substituents is 2. The molecule has 2 aromatic carbocycles. The highest BCUT2D eigenvalue weighted by molar-refractivity contribution is 7.80. The van der Waals surface area contributed by atoms with Crippen molar-refractivity contribution in [1.82, 2.24) is 16.0 Å². The van der Waals surface area contributed by atoms with Crippen LogP contribution < -0.4 is 27.4 Å². The number of carboxylic acid groups (broad SMARTS) is 1. The molecule has 0 aliphatic carbocycles. The van der Waals surface area contributed by atoms with Gasteiger partial charge in [-0.1, -0.05) is 30.7 Å². The molecule has 3 amide bonds. The van der Waals surface area contributed by atoms with Crippen LogP contribution in [-0.2, 0) is 32.0 Å². The Morgan fingerprint density at radius 2 is 1.15 bits per heavy atom. The molecule has 13 heteroatoms. The van der Waals surface area contributed by atoms with E-state index >= 15 is 0 Å². The maximum atomic E-state index is 13.5. The van der Waals surface area contributed by atoms with Gasteiger partial charge in [-0.3, -0.25) is 14.4 Å². The van der Waals surface area contributed by atoms with Crippen molar-refractivity contribution < 1.29 is 34.5 Å². The van der Waals surface area contributed by atoms with E-state index in [-0.39, 0.29) is 30.1 Å². The first-order valence-electron chi connectivity index (χ1n) is 12.8. The van der Waals surface area contributed by atoms with Crippen molar-refractivity contribution >= 4 is 36.3 Å². The number of carboxylic acids is 1. The third kappa shape index (κ3) is 10.8. The van der Waals surface area contributed by atoms with Gasteiger partial charge in [0.05, 0.1) is 6.04 Å². The number of rotatable bonds is 16. The molecule has 0 aromatic heterocycles. The average Bonchev–Trinajstić information content (AvgIpc) is 2.92. The van der Waals surface area contributed by atoms with Crippen LogP contribution in [0.3, 0.4) is 0 Å². The zero-order valence-corrected chi connectivity index (χ0v) is 22.8. The Hall–Kier alpha value is -3.81. The Labute approximate surface area is 237 Å². The molecule has 40 heavy (non-hydrogen) atoms. The predicted octanol–water partition coefficient (Wildman–Crippen LogP) is -0.192. The predicted molar refractivity (Wildman–Crippen MR) is 152 cm³/mol. The van der Waals surface area contributed by atoms with Crippen LogP contribution in [0.4, 0.5) is 0 Å². The van der Waals surface area contributed by atoms with Gasteiger partial charge < -0.3 is 42.7 Å². The van der Waals surface area contributed by atoms with Gasteiger partial charge in [0.15, 0.2) is 0 Å². The fourth-order valence-corrected chi connectivity index (χ4v) is 4.05. The molecule has 4 atom stereocenters. The van der Waals surface area contributed by atoms with E-state index < -0.39 is 47.9 Å². The number of unbranched alkanes of at least 4 members (excludes halogenated alkanes) is 1. The maximum absolute atomic E-state index is 13.5. The molecule has 0 bridgehead atoms. The van der Waals surface area contributed by atoms with Crippen molar-refractivity contribution in [3.05, 3.63) is 59.7 Å². The van der Waals surface area contributed by atoms with Crippen molar-refractivity contribution in [2.75, 3.05) is 12.3 Å². The van der Waals surface area contributed by atoms with Gasteiger partial charge in [-0.15, -0.1) is 0 Å². The lowest BCUT2D eigenvalue weighted by atomic mass is 10.0. The monoisotopic (exact) mass is 575 g/mol. The number of nitrogens with two attached hydrogens (primary N) is 2. The van der Waals surface area contributed by atoms with Crippen LogP contribution in [0.15, 0.2) is 48.5 Å². The molecular weight excluding hydrogens is 538 g/mol. The number of carbonyl (C=O) groups excluding carboxylic acids is 3. The van der Waals surface area contributed by atoms with E-state index in [4.69, 9.17) is 11.5 Å². The number of aliphatic carboxylic acids is 1. The molecular formula is C27H37N5O7S. The molecule has 2 aromatic rings. The average molecular weight is 576 g/mol. The molecule has 0 radical (unpaired) electrons. The van der Waals surface area contributed by atoms with E-state index in [1.54, 1.807) is 24.3 Å². The minimum absolute atomic E-state index is 0.00859. The van der Waals surface area contributed by atoms with E-state index in [0.29, 0.717) is 36.9 Å². The molecule has 0 aliphatic heterocycles. The van der Waals surface area contributed by atoms with E-state index in [0.717, 1.165) is 0 Å². The summed E-state index contributed by atoms with van der Waals surface area (Å²) in [4.78, 5) is 50.9. The highest BCUT2D eigenvalue weighted by atomic mass is 32.1. The summed E-state index contributed by atoms with van der Waals surface area (Å²) in [7, 11) is 0. The van der Waals surface area contributed by atoms with Crippen LogP contribution in [0.5, 0.6) is 11.5 Å². The van der Waals surface area contributed by atoms with Crippen LogP contribution in [0.25, 0.3) is 0 Å². The van der Waals surface area contributed by atoms with Crippen LogP contribution in [0.1, 0.15) is 30.4 Å². The number of hydrogen-bond donors (Lipinski definition) is 9. The molecule has 0 spiro atoms. The normalized spacial score (nSPS) is 13.9. The van der Waals surface area contributed by atoms with Gasteiger partial charge in [-0.2, -0.15) is 12.6 Å². The molecule has 0 heterocycles. The zero-order chi connectivity index (χ0) is 29.7. The summed E-state index contributed by atoms with van der Waals surface area (Å²) in [5.74, 6) is -3.46. The third-order valence-corrected chi connectivity index (χ3v) is 6.49. The molecule has 0 fully saturated rings. The lowest BCUT2D eigenvalue weighted by molar-refractivity contribution is -0.141. The summed E-state index contributed by atoms with van der Waals surface area (Å²) < 4.78 is 0. The quantitative estimate of drug-likeness (QED) is 0.0955. The molecule has 2 rings (SSSR count). The number of phenols is 2. The number of hydrogen-bond acceptors (Lipinski definition) is 9. The highest BCUT2D eigenvalue weighted by Crippen LogP contribution is 2.14. The van der Waals surface area contributed by atoms with Gasteiger partial charge in [-0.05, 0) is 54.8 Å². The summed E-state index contributed by atoms with van der Waals surface area (Å²) in [5, 5.41) is 36.2. The smallest absolute Gasteiger partial charge is 0.327 e. The van der Waals surface area contributed by atoms with Gasteiger partial charge in [0.2, 0.25) is 17.7 Å². The largest absolute Gasteiger partial charge is 0.508 e. The third-order valence-electron chi connectivity index (χ3n) is 6.12. The van der Waals surface area contributed by atoms with Crippen molar-refractivity contribution in [3.8, 4) is 11.5 Å². The Bertz CT molecular complexity index is 1130. The number of aromatic hydroxyl groups is 2. The Morgan fingerprint density at radius 3 is 1.55 bits per heavy atom. The Balaban J connectivity index is 2.29. The number of carbonyl (C=O) groups is 4. The first kappa shape index (κ1) is 32.4. The second-order valence-corrected chi connectivity index (χ2v) is 9.70. The highest BCUT2D eigenvalue weighted by Gasteiger charge is 2.30. The van der Waals surface area contributed by atoms with E-state index in [1.807, 2.05) is 0 Å². The zero-order valence-electron chi connectivity index (χ0n) is 22.0. The molecule has 218 valence electrons. The Morgan fingerprint density at radius 1 is 0.725 bits per heavy atom. The minimum atomic E-state index is -1.30. The van der Waals surface area contributed by atoms with Gasteiger partial charge in [0.25, 0.3) is 0 Å². The second-order valence-electron chi connectivity index (χ2n) is 9.34. The summed E-state index contributed by atoms with van der Waals surface area (Å²) >= 11 is 3.97. The van der Waals surface area contributed by atoms with E-state index in [2.05, 4.69) is 28.6 Å². The van der Waals surface area contributed by atoms with Crippen molar-refractivity contribution in [3.63, 3.8) is 0 Å². The summed E-state index contributed by atoms with van der Waals surface area (Å²) in [6.07, 6.45) is 1.67. The van der Waals surface area contributed by atoms with Gasteiger partial charge in [0.1, 0.15) is 29.6 Å². The number of benzene rings is 2. The van der Waals surface area contributed by atoms with Crippen molar-refractivity contribution in [1.29, 1.82) is 0 Å². The lowest BCUT2D eigenvalue weighted by Gasteiger charge is -2.25. The minimum Gasteiger partial charge on any atom is -0.508 e. The number of thiol groups is 1. The van der Waals surface area contributed by atoms with Crippen LogP contribution in [0.2, 0.25) is 0 Å². The second kappa shape index (κ2) is 16.3. The first-order chi connectivity index (χ1) is 19.0. The molecule has 4 unspecified atom stereocenters. The first-order valence-corrected chi connectivity index (χ1v) is 13.4.